The predicted octanol–water partition coefficient (Wildman–Crippen LogP) is 2.04. The summed E-state index contributed by atoms with van der Waals surface area (Å²) in [5.41, 5.74) is 1.82. The molecule has 2 heterocycles. The molecule has 0 fully saturated rings. The van der Waals surface area contributed by atoms with E-state index in [1.54, 1.807) is 15.4 Å². The number of nitrogens with zero attached hydrogens (tertiary/aromatic N) is 3. The van der Waals surface area contributed by atoms with Crippen molar-refractivity contribution < 1.29 is 0 Å². The van der Waals surface area contributed by atoms with Crippen LogP contribution in [0.4, 0.5) is 0 Å². The molecule has 0 amide bonds. The van der Waals surface area contributed by atoms with E-state index < -0.39 is 0 Å². The van der Waals surface area contributed by atoms with Crippen LogP contribution in [0.1, 0.15) is 5.56 Å². The maximum Gasteiger partial charge on any atom is 0.262 e. The summed E-state index contributed by atoms with van der Waals surface area (Å²) in [4.78, 5) is 15.5. The quantitative estimate of drug-likeness (QED) is 0.750. The van der Waals surface area contributed by atoms with E-state index in [1.165, 1.54) is 0 Å². The molecule has 6 heteroatoms. The van der Waals surface area contributed by atoms with Crippen molar-refractivity contribution in [3.8, 4) is 0 Å². The lowest BCUT2D eigenvalue weighted by molar-refractivity contribution is 0.652. The molecule has 2 aromatic heterocycles. The van der Waals surface area contributed by atoms with Gasteiger partial charge in [0.1, 0.15) is 0 Å². The zero-order valence-corrected chi connectivity index (χ0v) is 11.9. The lowest BCUT2D eigenvalue weighted by Gasteiger charge is -2.07. The van der Waals surface area contributed by atoms with Crippen molar-refractivity contribution in [2.24, 2.45) is 7.05 Å². The Labute approximate surface area is 120 Å². The average molecular weight is 286 g/mol. The molecule has 102 valence electrons. The van der Waals surface area contributed by atoms with Crippen LogP contribution in [-0.4, -0.2) is 19.3 Å². The van der Waals surface area contributed by atoms with E-state index in [4.69, 9.17) is 12.2 Å². The first-order valence-corrected chi connectivity index (χ1v) is 6.75. The molecule has 0 unspecified atom stereocenters. The second kappa shape index (κ2) is 5.05. The summed E-state index contributed by atoms with van der Waals surface area (Å²) >= 11 is 5.27. The van der Waals surface area contributed by atoms with Gasteiger partial charge >= 0.3 is 0 Å². The van der Waals surface area contributed by atoms with E-state index in [2.05, 4.69) is 10.1 Å². The van der Waals surface area contributed by atoms with Crippen LogP contribution in [0.5, 0.6) is 0 Å². The van der Waals surface area contributed by atoms with E-state index >= 15 is 0 Å². The lowest BCUT2D eigenvalue weighted by Crippen LogP contribution is -2.23. The van der Waals surface area contributed by atoms with Gasteiger partial charge in [0.2, 0.25) is 0 Å². The van der Waals surface area contributed by atoms with Crippen molar-refractivity contribution >= 4 is 23.1 Å². The third-order valence-corrected chi connectivity index (χ3v) is 3.59. The van der Waals surface area contributed by atoms with Gasteiger partial charge in [0.15, 0.2) is 4.77 Å². The van der Waals surface area contributed by atoms with Gasteiger partial charge in [0, 0.05) is 19.8 Å². The van der Waals surface area contributed by atoms with E-state index in [0.29, 0.717) is 16.7 Å². The Kier molecular flexibility index (Phi) is 3.23. The Morgan fingerprint density at radius 1 is 1.35 bits per heavy atom. The second-order valence-corrected chi connectivity index (χ2v) is 5.09. The minimum Gasteiger partial charge on any atom is -0.332 e. The van der Waals surface area contributed by atoms with Gasteiger partial charge in [-0.3, -0.25) is 14.0 Å². The Bertz CT molecular complexity index is 875. The minimum absolute atomic E-state index is 0.0479. The second-order valence-electron chi connectivity index (χ2n) is 4.70. The molecule has 0 saturated carbocycles. The molecule has 1 N–H and O–H groups in total. The third-order valence-electron chi connectivity index (χ3n) is 3.27. The van der Waals surface area contributed by atoms with Gasteiger partial charge < -0.3 is 4.98 Å². The molecule has 3 aromatic rings. The molecule has 0 bridgehead atoms. The van der Waals surface area contributed by atoms with E-state index in [-0.39, 0.29) is 5.56 Å². The van der Waals surface area contributed by atoms with Crippen LogP contribution in [0.15, 0.2) is 41.5 Å². The molecule has 20 heavy (non-hydrogen) atoms. The molecule has 0 saturated heterocycles. The van der Waals surface area contributed by atoms with Gasteiger partial charge in [0.25, 0.3) is 5.56 Å². The van der Waals surface area contributed by atoms with E-state index in [0.717, 1.165) is 17.5 Å². The van der Waals surface area contributed by atoms with Crippen LogP contribution >= 0.6 is 12.2 Å². The Balaban J connectivity index is 1.99. The number of aromatic amines is 1. The van der Waals surface area contributed by atoms with Gasteiger partial charge in [-0.25, -0.2) is 0 Å². The number of hydrogen-bond donors (Lipinski definition) is 1. The highest BCUT2D eigenvalue weighted by Gasteiger charge is 2.05. The van der Waals surface area contributed by atoms with Crippen molar-refractivity contribution in [1.82, 2.24) is 19.3 Å². The number of aromatic nitrogens is 4. The zero-order valence-electron chi connectivity index (χ0n) is 11.0. The van der Waals surface area contributed by atoms with Crippen molar-refractivity contribution in [2.75, 3.05) is 0 Å². The van der Waals surface area contributed by atoms with E-state index in [1.807, 2.05) is 37.5 Å². The molecular weight excluding hydrogens is 272 g/mol. The molecule has 0 radical (unpaired) electrons. The summed E-state index contributed by atoms with van der Waals surface area (Å²) in [5, 5.41) is 4.78. The summed E-state index contributed by atoms with van der Waals surface area (Å²) < 4.78 is 3.81. The van der Waals surface area contributed by atoms with Gasteiger partial charge in [-0.15, -0.1) is 0 Å². The molecule has 0 atom stereocenters. The van der Waals surface area contributed by atoms with Gasteiger partial charge in [-0.2, -0.15) is 5.10 Å². The first-order valence-electron chi connectivity index (χ1n) is 6.34. The SMILES string of the molecule is Cn1cc(CCn2c(=S)[nH]c3ccccc3c2=O)cn1. The van der Waals surface area contributed by atoms with Crippen LogP contribution in [-0.2, 0) is 20.0 Å². The van der Waals surface area contributed by atoms with Gasteiger partial charge in [-0.1, -0.05) is 12.1 Å². The predicted molar refractivity (Wildman–Crippen MR) is 80.3 cm³/mol. The fraction of sp³-hybridized carbons (Fsp3) is 0.214. The topological polar surface area (TPSA) is 55.6 Å². The number of benzene rings is 1. The molecule has 5 nitrogen and oxygen atoms in total. The number of fused-ring (bicyclic) bond motifs is 1. The maximum atomic E-state index is 12.4. The Morgan fingerprint density at radius 3 is 2.90 bits per heavy atom. The molecule has 0 aliphatic carbocycles. The Morgan fingerprint density at radius 2 is 2.15 bits per heavy atom. The van der Waals surface area contributed by atoms with Crippen LogP contribution in [0.2, 0.25) is 0 Å². The number of hydrogen-bond acceptors (Lipinski definition) is 3. The third kappa shape index (κ3) is 2.30. The average Bonchev–Trinajstić information content (AvgIpc) is 2.84. The summed E-state index contributed by atoms with van der Waals surface area (Å²) in [7, 11) is 1.87. The Hall–Kier alpha value is -2.21. The highest BCUT2D eigenvalue weighted by molar-refractivity contribution is 7.71. The fourth-order valence-corrected chi connectivity index (χ4v) is 2.53. The van der Waals surface area contributed by atoms with Crippen molar-refractivity contribution in [3.63, 3.8) is 0 Å². The first-order chi connectivity index (χ1) is 9.65. The number of nitrogens with one attached hydrogen (secondary N) is 1. The molecule has 0 aliphatic rings. The molecular formula is C14H14N4OS. The lowest BCUT2D eigenvalue weighted by atomic mass is 10.2. The van der Waals surface area contributed by atoms with Crippen molar-refractivity contribution in [1.29, 1.82) is 0 Å². The van der Waals surface area contributed by atoms with Crippen molar-refractivity contribution in [2.45, 2.75) is 13.0 Å². The van der Waals surface area contributed by atoms with Gasteiger partial charge in [0.05, 0.1) is 17.1 Å². The summed E-state index contributed by atoms with van der Waals surface area (Å²) in [6.07, 6.45) is 4.47. The maximum absolute atomic E-state index is 12.4. The normalized spacial score (nSPS) is 11.1. The molecule has 1 aromatic carbocycles. The smallest absolute Gasteiger partial charge is 0.262 e. The van der Waals surface area contributed by atoms with E-state index in [9.17, 15) is 4.79 Å². The van der Waals surface area contributed by atoms with Crippen LogP contribution in [0.25, 0.3) is 10.9 Å². The monoisotopic (exact) mass is 286 g/mol. The number of H-pyrrole nitrogens is 1. The van der Waals surface area contributed by atoms with Crippen LogP contribution in [0.3, 0.4) is 0 Å². The highest BCUT2D eigenvalue weighted by atomic mass is 32.1. The standard InChI is InChI=1S/C14H14N4OS/c1-17-9-10(8-15-17)6-7-18-13(19)11-4-2-3-5-12(11)16-14(18)20/h2-5,8-9H,6-7H2,1H3,(H,16,20). The first kappa shape index (κ1) is 12.8. The summed E-state index contributed by atoms with van der Waals surface area (Å²) in [6.45, 7) is 0.546. The highest BCUT2D eigenvalue weighted by Crippen LogP contribution is 2.07. The zero-order chi connectivity index (χ0) is 14.1. The number of rotatable bonds is 3. The molecule has 3 rings (SSSR count). The minimum atomic E-state index is -0.0479. The fourth-order valence-electron chi connectivity index (χ4n) is 2.24. The van der Waals surface area contributed by atoms with Gasteiger partial charge in [-0.05, 0) is 36.3 Å². The molecule has 0 spiro atoms. The molecule has 0 aliphatic heterocycles. The van der Waals surface area contributed by atoms with Crippen molar-refractivity contribution in [3.05, 3.63) is 57.3 Å². The largest absolute Gasteiger partial charge is 0.332 e. The van der Waals surface area contributed by atoms with Crippen LogP contribution < -0.4 is 5.56 Å². The van der Waals surface area contributed by atoms with Crippen LogP contribution in [0, 0.1) is 4.77 Å². The summed E-state index contributed by atoms with van der Waals surface area (Å²) in [6, 6.07) is 7.40. The number of para-hydroxylation sites is 1. The number of aryl methyl sites for hydroxylation is 2. The summed E-state index contributed by atoms with van der Waals surface area (Å²) in [5.74, 6) is 0.